The number of ketones is 1. The Morgan fingerprint density at radius 3 is 2.11 bits per heavy atom. The summed E-state index contributed by atoms with van der Waals surface area (Å²) in [7, 11) is 0. The van der Waals surface area contributed by atoms with Gasteiger partial charge in [0.05, 0.1) is 0 Å². The van der Waals surface area contributed by atoms with Crippen molar-refractivity contribution in [3.8, 4) is 0 Å². The first-order chi connectivity index (χ1) is 4.04. The second kappa shape index (κ2) is 3.67. The zero-order valence-corrected chi connectivity index (χ0v) is 6.44. The van der Waals surface area contributed by atoms with E-state index < -0.39 is 0 Å². The van der Waals surface area contributed by atoms with Crippen molar-refractivity contribution >= 4 is 23.5 Å². The molecule has 0 aliphatic carbocycles. The smallest absolute Gasteiger partial charge is 0.186 e. The van der Waals surface area contributed by atoms with Crippen molar-refractivity contribution in [2.24, 2.45) is 5.92 Å². The largest absolute Gasteiger partial charge is 0.300 e. The number of thiol groups is 1. The minimum atomic E-state index is -0.224. The third kappa shape index (κ3) is 4.21. The standard InChI is InChI=1S/C6H10O2S/c1-4(5(2)7)3-6(8)9/h4H,3H2,1-2H3,(H,8,9). The van der Waals surface area contributed by atoms with E-state index in [1.807, 2.05) is 0 Å². The van der Waals surface area contributed by atoms with Gasteiger partial charge in [0.1, 0.15) is 5.78 Å². The molecule has 0 aliphatic heterocycles. The summed E-state index contributed by atoms with van der Waals surface area (Å²) in [4.78, 5) is 20.8. The molecule has 9 heavy (non-hydrogen) atoms. The molecular weight excluding hydrogens is 136 g/mol. The van der Waals surface area contributed by atoms with Gasteiger partial charge in [-0.05, 0) is 6.92 Å². The molecule has 0 heterocycles. The summed E-state index contributed by atoms with van der Waals surface area (Å²) in [6.45, 7) is 3.19. The highest BCUT2D eigenvalue weighted by molar-refractivity contribution is 7.96. The molecule has 0 saturated carbocycles. The van der Waals surface area contributed by atoms with Crippen molar-refractivity contribution in [3.63, 3.8) is 0 Å². The van der Waals surface area contributed by atoms with Gasteiger partial charge in [0, 0.05) is 12.3 Å². The molecule has 1 atom stereocenters. The van der Waals surface area contributed by atoms with Crippen molar-refractivity contribution in [2.45, 2.75) is 20.3 Å². The molecule has 0 radical (unpaired) electrons. The average molecular weight is 146 g/mol. The van der Waals surface area contributed by atoms with E-state index in [-0.39, 0.29) is 23.2 Å². The average Bonchev–Trinajstić information content (AvgIpc) is 1.63. The molecule has 1 unspecified atom stereocenters. The molecule has 2 nitrogen and oxygen atoms in total. The maximum Gasteiger partial charge on any atom is 0.186 e. The number of hydrogen-bond acceptors (Lipinski definition) is 2. The van der Waals surface area contributed by atoms with Gasteiger partial charge in [-0.2, -0.15) is 0 Å². The molecule has 0 bridgehead atoms. The topological polar surface area (TPSA) is 34.1 Å². The third-order valence-corrected chi connectivity index (χ3v) is 1.36. The lowest BCUT2D eigenvalue weighted by molar-refractivity contribution is -0.123. The Kier molecular flexibility index (Phi) is 3.54. The van der Waals surface area contributed by atoms with Crippen LogP contribution in [0.2, 0.25) is 0 Å². The predicted octanol–water partition coefficient (Wildman–Crippen LogP) is 1.06. The highest BCUT2D eigenvalue weighted by atomic mass is 32.1. The molecule has 0 fully saturated rings. The number of rotatable bonds is 3. The van der Waals surface area contributed by atoms with Crippen LogP contribution in [-0.2, 0) is 9.59 Å². The van der Waals surface area contributed by atoms with E-state index in [2.05, 4.69) is 12.6 Å². The molecule has 0 N–H and O–H groups in total. The first-order valence-corrected chi connectivity index (χ1v) is 3.21. The van der Waals surface area contributed by atoms with Crippen molar-refractivity contribution in [1.29, 1.82) is 0 Å². The first kappa shape index (κ1) is 8.69. The lowest BCUT2D eigenvalue weighted by atomic mass is 10.1. The van der Waals surface area contributed by atoms with E-state index in [0.29, 0.717) is 0 Å². The summed E-state index contributed by atoms with van der Waals surface area (Å²) >= 11 is 3.54. The van der Waals surface area contributed by atoms with Gasteiger partial charge in [-0.25, -0.2) is 0 Å². The molecule has 0 spiro atoms. The van der Waals surface area contributed by atoms with E-state index in [4.69, 9.17) is 0 Å². The van der Waals surface area contributed by atoms with Gasteiger partial charge in [0.15, 0.2) is 5.12 Å². The Bertz CT molecular complexity index is 131. The molecule has 0 amide bonds. The minimum absolute atomic E-state index is 0.0393. The summed E-state index contributed by atoms with van der Waals surface area (Å²) in [6, 6.07) is 0. The fraction of sp³-hybridized carbons (Fsp3) is 0.667. The van der Waals surface area contributed by atoms with Crippen molar-refractivity contribution in [2.75, 3.05) is 0 Å². The zero-order chi connectivity index (χ0) is 7.44. The normalized spacial score (nSPS) is 12.8. The van der Waals surface area contributed by atoms with Gasteiger partial charge in [-0.3, -0.25) is 9.59 Å². The van der Waals surface area contributed by atoms with Gasteiger partial charge in [0.25, 0.3) is 0 Å². The summed E-state index contributed by atoms with van der Waals surface area (Å²) in [5.41, 5.74) is 0. The Morgan fingerprint density at radius 1 is 1.56 bits per heavy atom. The molecule has 0 aromatic rings. The summed E-state index contributed by atoms with van der Waals surface area (Å²) in [6.07, 6.45) is 0.248. The highest BCUT2D eigenvalue weighted by Gasteiger charge is 2.09. The molecule has 0 rings (SSSR count). The Balaban J connectivity index is 3.63. The first-order valence-electron chi connectivity index (χ1n) is 2.76. The quantitative estimate of drug-likeness (QED) is 0.604. The molecule has 0 aromatic carbocycles. The van der Waals surface area contributed by atoms with Gasteiger partial charge < -0.3 is 0 Å². The fourth-order valence-electron chi connectivity index (χ4n) is 0.406. The van der Waals surface area contributed by atoms with Crippen LogP contribution in [0.3, 0.4) is 0 Å². The summed E-state index contributed by atoms with van der Waals surface area (Å²) in [5, 5.41) is -0.224. The van der Waals surface area contributed by atoms with E-state index in [9.17, 15) is 9.59 Å². The van der Waals surface area contributed by atoms with Crippen LogP contribution in [0.4, 0.5) is 0 Å². The lowest BCUT2D eigenvalue weighted by Crippen LogP contribution is -2.08. The number of Topliss-reactive ketones (excluding diaryl/α,β-unsaturated/α-hetero) is 1. The van der Waals surface area contributed by atoms with Crippen LogP contribution >= 0.6 is 12.6 Å². The monoisotopic (exact) mass is 146 g/mol. The molecule has 0 aliphatic rings. The maximum absolute atomic E-state index is 10.5. The third-order valence-electron chi connectivity index (χ3n) is 1.17. The zero-order valence-electron chi connectivity index (χ0n) is 5.55. The van der Waals surface area contributed by atoms with Crippen LogP contribution in [0.1, 0.15) is 20.3 Å². The molecule has 0 saturated heterocycles. The SMILES string of the molecule is CC(=O)C(C)CC(=O)S. The number of carbonyl (C=O) groups excluding carboxylic acids is 2. The second-order valence-corrected chi connectivity index (χ2v) is 2.61. The van der Waals surface area contributed by atoms with Crippen LogP contribution in [0.15, 0.2) is 0 Å². The Hall–Kier alpha value is -0.310. The Morgan fingerprint density at radius 2 is 2.00 bits per heavy atom. The molecule has 3 heteroatoms. The fourth-order valence-corrected chi connectivity index (χ4v) is 0.680. The van der Waals surface area contributed by atoms with Crippen LogP contribution in [0, 0.1) is 5.92 Å². The van der Waals surface area contributed by atoms with Gasteiger partial charge >= 0.3 is 0 Å². The predicted molar refractivity (Wildman–Crippen MR) is 38.5 cm³/mol. The molecular formula is C6H10O2S. The Labute approximate surface area is 60.0 Å². The summed E-state index contributed by atoms with van der Waals surface area (Å²) in [5.74, 6) is -0.132. The lowest BCUT2D eigenvalue weighted by Gasteiger charge is -2.00. The van der Waals surface area contributed by atoms with Crippen molar-refractivity contribution < 1.29 is 9.59 Å². The van der Waals surface area contributed by atoms with Crippen LogP contribution < -0.4 is 0 Å². The number of carbonyl (C=O) groups is 2. The summed E-state index contributed by atoms with van der Waals surface area (Å²) < 4.78 is 0. The van der Waals surface area contributed by atoms with Crippen molar-refractivity contribution in [3.05, 3.63) is 0 Å². The maximum atomic E-state index is 10.5. The molecule has 52 valence electrons. The van der Waals surface area contributed by atoms with E-state index in [1.54, 1.807) is 6.92 Å². The van der Waals surface area contributed by atoms with Crippen LogP contribution in [-0.4, -0.2) is 10.9 Å². The van der Waals surface area contributed by atoms with E-state index in [1.165, 1.54) is 6.92 Å². The van der Waals surface area contributed by atoms with Gasteiger partial charge in [-0.15, -0.1) is 12.6 Å². The second-order valence-electron chi connectivity index (χ2n) is 2.11. The minimum Gasteiger partial charge on any atom is -0.300 e. The molecule has 0 aromatic heterocycles. The van der Waals surface area contributed by atoms with Crippen LogP contribution in [0.5, 0.6) is 0 Å². The highest BCUT2D eigenvalue weighted by Crippen LogP contribution is 2.04. The van der Waals surface area contributed by atoms with Gasteiger partial charge in [-0.1, -0.05) is 6.92 Å². The van der Waals surface area contributed by atoms with Crippen molar-refractivity contribution in [1.82, 2.24) is 0 Å². The number of hydrogen-bond donors (Lipinski definition) is 1. The van der Waals surface area contributed by atoms with Crippen LogP contribution in [0.25, 0.3) is 0 Å². The van der Waals surface area contributed by atoms with E-state index in [0.717, 1.165) is 0 Å². The van der Waals surface area contributed by atoms with E-state index >= 15 is 0 Å². The van der Waals surface area contributed by atoms with Gasteiger partial charge in [0.2, 0.25) is 0 Å².